The number of para-hydroxylation sites is 1. The number of benzene rings is 1. The standard InChI is InChI=1S/C15H17N3O5S/c1-2-22-15(20)13-14(24-18-17-13)16-12(19)10-21-8-9-23-11-6-4-3-5-7-11/h3-7H,2,8-10H2,1H3,(H,16,19). The first-order valence-corrected chi connectivity index (χ1v) is 8.03. The van der Waals surface area contributed by atoms with E-state index in [1.165, 1.54) is 0 Å². The number of hydrogen-bond donors (Lipinski definition) is 1. The molecule has 1 N–H and O–H groups in total. The van der Waals surface area contributed by atoms with Gasteiger partial charge in [-0.1, -0.05) is 22.7 Å². The largest absolute Gasteiger partial charge is 0.491 e. The van der Waals surface area contributed by atoms with Crippen molar-refractivity contribution in [3.63, 3.8) is 0 Å². The first-order valence-electron chi connectivity index (χ1n) is 7.25. The molecule has 8 nitrogen and oxygen atoms in total. The van der Waals surface area contributed by atoms with Crippen LogP contribution in [0.1, 0.15) is 17.4 Å². The number of rotatable bonds is 9. The van der Waals surface area contributed by atoms with E-state index in [0.29, 0.717) is 6.61 Å². The lowest BCUT2D eigenvalue weighted by Crippen LogP contribution is -2.21. The topological polar surface area (TPSA) is 99.6 Å². The fraction of sp³-hybridized carbons (Fsp3) is 0.333. The maximum absolute atomic E-state index is 11.8. The zero-order chi connectivity index (χ0) is 17.2. The highest BCUT2D eigenvalue weighted by Crippen LogP contribution is 2.18. The molecule has 0 spiro atoms. The monoisotopic (exact) mass is 351 g/mol. The van der Waals surface area contributed by atoms with Crippen LogP contribution in [0, 0.1) is 0 Å². The van der Waals surface area contributed by atoms with Crippen LogP contribution < -0.4 is 10.1 Å². The average Bonchev–Trinajstić information content (AvgIpc) is 3.04. The number of esters is 1. The van der Waals surface area contributed by atoms with Gasteiger partial charge in [-0.3, -0.25) is 4.79 Å². The highest BCUT2D eigenvalue weighted by molar-refractivity contribution is 7.10. The van der Waals surface area contributed by atoms with Gasteiger partial charge in [0.25, 0.3) is 5.91 Å². The number of ether oxygens (including phenoxy) is 3. The molecule has 0 aliphatic rings. The van der Waals surface area contributed by atoms with Crippen LogP contribution in [0.25, 0.3) is 0 Å². The van der Waals surface area contributed by atoms with E-state index in [9.17, 15) is 9.59 Å². The molecule has 2 aromatic rings. The van der Waals surface area contributed by atoms with Gasteiger partial charge in [0.2, 0.25) is 5.69 Å². The molecule has 1 amide bonds. The minimum Gasteiger partial charge on any atom is -0.491 e. The van der Waals surface area contributed by atoms with Crippen molar-refractivity contribution in [2.24, 2.45) is 0 Å². The van der Waals surface area contributed by atoms with E-state index < -0.39 is 11.9 Å². The van der Waals surface area contributed by atoms with Crippen molar-refractivity contribution in [3.8, 4) is 5.75 Å². The van der Waals surface area contributed by atoms with Crippen LogP contribution >= 0.6 is 11.5 Å². The Morgan fingerprint density at radius 1 is 1.21 bits per heavy atom. The normalized spacial score (nSPS) is 10.2. The van der Waals surface area contributed by atoms with Gasteiger partial charge < -0.3 is 19.5 Å². The van der Waals surface area contributed by atoms with Crippen LogP contribution in [-0.4, -0.2) is 47.9 Å². The highest BCUT2D eigenvalue weighted by Gasteiger charge is 2.19. The maximum Gasteiger partial charge on any atom is 0.362 e. The van der Waals surface area contributed by atoms with E-state index in [-0.39, 0.29) is 30.5 Å². The Labute approximate surface area is 142 Å². The van der Waals surface area contributed by atoms with Gasteiger partial charge in [-0.15, -0.1) is 5.10 Å². The lowest BCUT2D eigenvalue weighted by molar-refractivity contribution is -0.120. The summed E-state index contributed by atoms with van der Waals surface area (Å²) in [7, 11) is 0. The molecule has 0 saturated heterocycles. The molecule has 1 aromatic carbocycles. The molecule has 128 valence electrons. The van der Waals surface area contributed by atoms with Crippen molar-refractivity contribution in [3.05, 3.63) is 36.0 Å². The molecule has 0 aliphatic heterocycles. The van der Waals surface area contributed by atoms with Gasteiger partial charge in [-0.05, 0) is 19.1 Å². The van der Waals surface area contributed by atoms with Crippen LogP contribution in [0.4, 0.5) is 5.00 Å². The van der Waals surface area contributed by atoms with Crippen LogP contribution in [0.5, 0.6) is 5.75 Å². The van der Waals surface area contributed by atoms with Gasteiger partial charge in [-0.25, -0.2) is 4.79 Å². The third kappa shape index (κ3) is 5.60. The van der Waals surface area contributed by atoms with Crippen LogP contribution in [0.15, 0.2) is 30.3 Å². The molecule has 0 aliphatic carbocycles. The van der Waals surface area contributed by atoms with E-state index in [4.69, 9.17) is 14.2 Å². The zero-order valence-corrected chi connectivity index (χ0v) is 13.9. The van der Waals surface area contributed by atoms with Crippen molar-refractivity contribution in [2.45, 2.75) is 6.92 Å². The number of nitrogens with one attached hydrogen (secondary N) is 1. The minimum absolute atomic E-state index is 0.0115. The summed E-state index contributed by atoms with van der Waals surface area (Å²) in [5.41, 5.74) is -0.0115. The molecular weight excluding hydrogens is 334 g/mol. The summed E-state index contributed by atoms with van der Waals surface area (Å²) in [4.78, 5) is 23.4. The summed E-state index contributed by atoms with van der Waals surface area (Å²) in [5, 5.41) is 6.41. The molecule has 0 bridgehead atoms. The van der Waals surface area contributed by atoms with Gasteiger partial charge in [0.05, 0.1) is 13.2 Å². The lowest BCUT2D eigenvalue weighted by Gasteiger charge is -2.07. The number of anilines is 1. The SMILES string of the molecule is CCOC(=O)c1nnsc1NC(=O)COCCOc1ccccc1. The van der Waals surface area contributed by atoms with Gasteiger partial charge in [-0.2, -0.15) is 0 Å². The summed E-state index contributed by atoms with van der Waals surface area (Å²) < 4.78 is 19.1. The van der Waals surface area contributed by atoms with E-state index >= 15 is 0 Å². The smallest absolute Gasteiger partial charge is 0.362 e. The predicted octanol–water partition coefficient (Wildman–Crippen LogP) is 1.75. The van der Waals surface area contributed by atoms with E-state index in [0.717, 1.165) is 17.3 Å². The van der Waals surface area contributed by atoms with Crippen molar-refractivity contribution in [1.82, 2.24) is 9.59 Å². The molecule has 24 heavy (non-hydrogen) atoms. The van der Waals surface area contributed by atoms with Gasteiger partial charge in [0.1, 0.15) is 19.0 Å². The lowest BCUT2D eigenvalue weighted by atomic mass is 10.3. The third-order valence-electron chi connectivity index (χ3n) is 2.68. The molecule has 2 rings (SSSR count). The second-order valence-electron chi connectivity index (χ2n) is 4.43. The molecule has 0 fully saturated rings. The maximum atomic E-state index is 11.8. The number of carbonyl (C=O) groups excluding carboxylic acids is 2. The second kappa shape index (κ2) is 9.58. The van der Waals surface area contributed by atoms with Gasteiger partial charge in [0.15, 0.2) is 5.00 Å². The zero-order valence-electron chi connectivity index (χ0n) is 13.1. The fourth-order valence-electron chi connectivity index (χ4n) is 1.67. The number of carbonyl (C=O) groups is 2. The number of amides is 1. The molecule has 0 unspecified atom stereocenters. The Hall–Kier alpha value is -2.52. The quantitative estimate of drug-likeness (QED) is 0.542. The van der Waals surface area contributed by atoms with Crippen molar-refractivity contribution >= 4 is 28.4 Å². The van der Waals surface area contributed by atoms with E-state index in [1.54, 1.807) is 6.92 Å². The van der Waals surface area contributed by atoms with Crippen LogP contribution in [0.2, 0.25) is 0 Å². The summed E-state index contributed by atoms with van der Waals surface area (Å²) in [6, 6.07) is 9.30. The molecule has 0 saturated carbocycles. The summed E-state index contributed by atoms with van der Waals surface area (Å²) in [6.07, 6.45) is 0. The number of aromatic nitrogens is 2. The van der Waals surface area contributed by atoms with Crippen molar-refractivity contribution in [1.29, 1.82) is 0 Å². The third-order valence-corrected chi connectivity index (χ3v) is 3.32. The molecule has 1 aromatic heterocycles. The Kier molecular flexibility index (Phi) is 7.12. The first kappa shape index (κ1) is 17.8. The van der Waals surface area contributed by atoms with Crippen molar-refractivity contribution < 1.29 is 23.8 Å². The summed E-state index contributed by atoms with van der Waals surface area (Å²) in [5.74, 6) is -0.301. The Morgan fingerprint density at radius 3 is 2.75 bits per heavy atom. The molecular formula is C15H17N3O5S. The van der Waals surface area contributed by atoms with Crippen molar-refractivity contribution in [2.75, 3.05) is 31.7 Å². The van der Waals surface area contributed by atoms with Crippen LogP contribution in [-0.2, 0) is 14.3 Å². The number of nitrogens with zero attached hydrogens (tertiary/aromatic N) is 2. The molecule has 1 heterocycles. The molecule has 0 radical (unpaired) electrons. The Morgan fingerprint density at radius 2 is 2.00 bits per heavy atom. The number of hydrogen-bond acceptors (Lipinski definition) is 8. The summed E-state index contributed by atoms with van der Waals surface area (Å²) >= 11 is 0.899. The Bertz CT molecular complexity index is 662. The predicted molar refractivity (Wildman–Crippen MR) is 87.3 cm³/mol. The Balaban J connectivity index is 1.68. The van der Waals surface area contributed by atoms with E-state index in [2.05, 4.69) is 14.9 Å². The highest BCUT2D eigenvalue weighted by atomic mass is 32.1. The minimum atomic E-state index is -0.626. The fourth-order valence-corrected chi connectivity index (χ4v) is 2.24. The van der Waals surface area contributed by atoms with Gasteiger partial charge >= 0.3 is 5.97 Å². The van der Waals surface area contributed by atoms with Crippen LogP contribution in [0.3, 0.4) is 0 Å². The molecule has 9 heteroatoms. The van der Waals surface area contributed by atoms with Gasteiger partial charge in [0, 0.05) is 11.5 Å². The average molecular weight is 351 g/mol. The molecule has 0 atom stereocenters. The summed E-state index contributed by atoms with van der Waals surface area (Å²) in [6.45, 7) is 2.31. The second-order valence-corrected chi connectivity index (χ2v) is 5.19. The van der Waals surface area contributed by atoms with E-state index in [1.807, 2.05) is 30.3 Å². The first-order chi connectivity index (χ1) is 11.7.